The van der Waals surface area contributed by atoms with E-state index in [1.165, 1.54) is 0 Å². The monoisotopic (exact) mass is 274 g/mol. The number of amides is 1. The van der Waals surface area contributed by atoms with Crippen molar-refractivity contribution in [3.63, 3.8) is 0 Å². The molecule has 0 radical (unpaired) electrons. The minimum Gasteiger partial charge on any atom is -0.275 e. The molecule has 0 saturated heterocycles. The molecule has 0 N–H and O–H groups in total. The standard InChI is InChI=1S/C15H22N4O/c1-15(2)7-4-11(5-8-15)19-14(20)10-13(17-19)12-6-9-18(3)16-12/h6,9,11H,4-5,7-8,10H2,1-3H3. The Morgan fingerprint density at radius 3 is 2.60 bits per heavy atom. The van der Waals surface area contributed by atoms with Gasteiger partial charge in [-0.1, -0.05) is 13.8 Å². The molecule has 0 spiro atoms. The fourth-order valence-corrected chi connectivity index (χ4v) is 3.07. The van der Waals surface area contributed by atoms with Gasteiger partial charge in [-0.25, -0.2) is 5.01 Å². The molecule has 1 saturated carbocycles. The Morgan fingerprint density at radius 2 is 2.00 bits per heavy atom. The van der Waals surface area contributed by atoms with Crippen LogP contribution in [0, 0.1) is 5.41 Å². The zero-order valence-electron chi connectivity index (χ0n) is 12.5. The minimum absolute atomic E-state index is 0.121. The summed E-state index contributed by atoms with van der Waals surface area (Å²) in [4.78, 5) is 12.2. The first kappa shape index (κ1) is 13.3. The minimum atomic E-state index is 0.121. The van der Waals surface area contributed by atoms with Crippen molar-refractivity contribution in [1.82, 2.24) is 14.8 Å². The molecule has 3 rings (SSSR count). The number of rotatable bonds is 2. The fraction of sp³-hybridized carbons (Fsp3) is 0.667. The van der Waals surface area contributed by atoms with Crippen LogP contribution in [0.2, 0.25) is 0 Å². The molecular weight excluding hydrogens is 252 g/mol. The first-order valence-corrected chi connectivity index (χ1v) is 7.34. The van der Waals surface area contributed by atoms with Crippen molar-refractivity contribution < 1.29 is 4.79 Å². The Bertz CT molecular complexity index is 548. The van der Waals surface area contributed by atoms with Crippen molar-refractivity contribution in [2.45, 2.75) is 52.0 Å². The van der Waals surface area contributed by atoms with Crippen LogP contribution in [0.3, 0.4) is 0 Å². The molecule has 0 aromatic carbocycles. The molecule has 2 heterocycles. The highest BCUT2D eigenvalue weighted by Gasteiger charge is 2.36. The summed E-state index contributed by atoms with van der Waals surface area (Å²) in [6.45, 7) is 4.61. The molecule has 108 valence electrons. The third-order valence-corrected chi connectivity index (χ3v) is 4.47. The summed E-state index contributed by atoms with van der Waals surface area (Å²) < 4.78 is 1.74. The van der Waals surface area contributed by atoms with Gasteiger partial charge in [0, 0.05) is 13.2 Å². The van der Waals surface area contributed by atoms with Crippen molar-refractivity contribution in [3.05, 3.63) is 18.0 Å². The Hall–Kier alpha value is -1.65. The third-order valence-electron chi connectivity index (χ3n) is 4.47. The topological polar surface area (TPSA) is 50.5 Å². The van der Waals surface area contributed by atoms with Gasteiger partial charge in [0.15, 0.2) is 0 Å². The van der Waals surface area contributed by atoms with Crippen LogP contribution in [0.5, 0.6) is 0 Å². The van der Waals surface area contributed by atoms with E-state index in [2.05, 4.69) is 24.0 Å². The predicted octanol–water partition coefficient (Wildman–Crippen LogP) is 2.33. The maximum absolute atomic E-state index is 12.2. The van der Waals surface area contributed by atoms with E-state index in [1.54, 1.807) is 9.69 Å². The first-order valence-electron chi connectivity index (χ1n) is 7.34. The van der Waals surface area contributed by atoms with Gasteiger partial charge >= 0.3 is 0 Å². The number of carbonyl (C=O) groups is 1. The zero-order chi connectivity index (χ0) is 14.3. The number of aromatic nitrogens is 2. The smallest absolute Gasteiger partial charge is 0.249 e. The lowest BCUT2D eigenvalue weighted by Crippen LogP contribution is -2.37. The molecule has 5 heteroatoms. The SMILES string of the molecule is Cn1ccc(C2=NN(C3CCC(C)(C)CC3)C(=O)C2)n1. The lowest BCUT2D eigenvalue weighted by molar-refractivity contribution is -0.131. The molecule has 1 fully saturated rings. The molecule has 0 atom stereocenters. The van der Waals surface area contributed by atoms with E-state index in [0.717, 1.165) is 37.1 Å². The van der Waals surface area contributed by atoms with Crippen molar-refractivity contribution in [2.24, 2.45) is 17.6 Å². The van der Waals surface area contributed by atoms with Gasteiger partial charge < -0.3 is 0 Å². The summed E-state index contributed by atoms with van der Waals surface area (Å²) in [6.07, 6.45) is 6.70. The number of hydrogen-bond acceptors (Lipinski definition) is 3. The zero-order valence-corrected chi connectivity index (χ0v) is 12.5. The van der Waals surface area contributed by atoms with Gasteiger partial charge in [0.2, 0.25) is 5.91 Å². The molecule has 0 unspecified atom stereocenters. The van der Waals surface area contributed by atoms with E-state index in [-0.39, 0.29) is 11.9 Å². The van der Waals surface area contributed by atoms with E-state index in [9.17, 15) is 4.79 Å². The summed E-state index contributed by atoms with van der Waals surface area (Å²) in [5.74, 6) is 0.121. The van der Waals surface area contributed by atoms with Gasteiger partial charge in [-0.05, 0) is 37.2 Å². The number of aryl methyl sites for hydroxylation is 1. The van der Waals surface area contributed by atoms with Crippen LogP contribution in [0.15, 0.2) is 17.4 Å². The Morgan fingerprint density at radius 1 is 1.30 bits per heavy atom. The highest BCUT2D eigenvalue weighted by Crippen LogP contribution is 2.37. The van der Waals surface area contributed by atoms with Gasteiger partial charge in [-0.3, -0.25) is 9.48 Å². The van der Waals surface area contributed by atoms with Crippen molar-refractivity contribution in [1.29, 1.82) is 0 Å². The Kier molecular flexibility index (Phi) is 3.15. The van der Waals surface area contributed by atoms with Crippen LogP contribution >= 0.6 is 0 Å². The Balaban J connectivity index is 1.74. The highest BCUT2D eigenvalue weighted by atomic mass is 16.2. The summed E-state index contributed by atoms with van der Waals surface area (Å²) in [5.41, 5.74) is 2.03. The molecule has 1 aliphatic carbocycles. The lowest BCUT2D eigenvalue weighted by atomic mass is 9.75. The third kappa shape index (κ3) is 2.49. The molecule has 20 heavy (non-hydrogen) atoms. The average molecular weight is 274 g/mol. The first-order chi connectivity index (χ1) is 9.44. The predicted molar refractivity (Wildman–Crippen MR) is 77.2 cm³/mol. The molecule has 0 bridgehead atoms. The normalized spacial score (nSPS) is 23.2. The molecule has 2 aliphatic rings. The van der Waals surface area contributed by atoms with Gasteiger partial charge in [-0.2, -0.15) is 10.2 Å². The number of hydrogen-bond donors (Lipinski definition) is 0. The summed E-state index contributed by atoms with van der Waals surface area (Å²) in [7, 11) is 1.88. The van der Waals surface area contributed by atoms with Crippen LogP contribution in [0.4, 0.5) is 0 Å². The van der Waals surface area contributed by atoms with E-state index < -0.39 is 0 Å². The van der Waals surface area contributed by atoms with Gasteiger partial charge in [0.05, 0.1) is 18.2 Å². The van der Waals surface area contributed by atoms with Crippen molar-refractivity contribution >= 4 is 11.6 Å². The Labute approximate surface area is 119 Å². The fourth-order valence-electron chi connectivity index (χ4n) is 3.07. The molecule has 1 amide bonds. The van der Waals surface area contributed by atoms with Crippen LogP contribution in [-0.2, 0) is 11.8 Å². The summed E-state index contributed by atoms with van der Waals surface area (Å²) in [6, 6.07) is 2.19. The molecule has 1 aliphatic heterocycles. The quantitative estimate of drug-likeness (QED) is 0.831. The second kappa shape index (κ2) is 4.72. The van der Waals surface area contributed by atoms with Gasteiger partial charge in [0.25, 0.3) is 0 Å². The van der Waals surface area contributed by atoms with Crippen LogP contribution in [-0.4, -0.2) is 32.5 Å². The van der Waals surface area contributed by atoms with Gasteiger partial charge in [0.1, 0.15) is 5.69 Å². The summed E-state index contributed by atoms with van der Waals surface area (Å²) in [5, 5.41) is 10.6. The van der Waals surface area contributed by atoms with E-state index in [0.29, 0.717) is 11.8 Å². The van der Waals surface area contributed by atoms with Crippen LogP contribution in [0.25, 0.3) is 0 Å². The number of nitrogens with zero attached hydrogens (tertiary/aromatic N) is 4. The average Bonchev–Trinajstić information content (AvgIpc) is 2.96. The lowest BCUT2D eigenvalue weighted by Gasteiger charge is -2.36. The molecular formula is C15H22N4O. The number of carbonyl (C=O) groups excluding carboxylic acids is 1. The number of hydrazone groups is 1. The van der Waals surface area contributed by atoms with Crippen molar-refractivity contribution in [3.8, 4) is 0 Å². The molecule has 5 nitrogen and oxygen atoms in total. The maximum atomic E-state index is 12.2. The molecule has 1 aromatic rings. The largest absolute Gasteiger partial charge is 0.275 e. The summed E-state index contributed by atoms with van der Waals surface area (Å²) >= 11 is 0. The van der Waals surface area contributed by atoms with Crippen LogP contribution < -0.4 is 0 Å². The molecule has 1 aromatic heterocycles. The van der Waals surface area contributed by atoms with E-state index in [1.807, 2.05) is 19.3 Å². The van der Waals surface area contributed by atoms with Crippen LogP contribution in [0.1, 0.15) is 51.6 Å². The van der Waals surface area contributed by atoms with E-state index >= 15 is 0 Å². The second-order valence-electron chi connectivity index (χ2n) is 6.73. The highest BCUT2D eigenvalue weighted by molar-refractivity contribution is 6.12. The maximum Gasteiger partial charge on any atom is 0.249 e. The van der Waals surface area contributed by atoms with E-state index in [4.69, 9.17) is 0 Å². The van der Waals surface area contributed by atoms with Crippen molar-refractivity contribution in [2.75, 3.05) is 0 Å². The second-order valence-corrected chi connectivity index (χ2v) is 6.73. The van der Waals surface area contributed by atoms with Gasteiger partial charge in [-0.15, -0.1) is 0 Å².